The van der Waals surface area contributed by atoms with E-state index in [9.17, 15) is 9.59 Å². The van der Waals surface area contributed by atoms with E-state index in [2.05, 4.69) is 15.7 Å². The van der Waals surface area contributed by atoms with E-state index in [0.29, 0.717) is 29.2 Å². The molecule has 1 fully saturated rings. The summed E-state index contributed by atoms with van der Waals surface area (Å²) in [6.07, 6.45) is 4.01. The summed E-state index contributed by atoms with van der Waals surface area (Å²) in [4.78, 5) is 23.8. The van der Waals surface area contributed by atoms with Crippen molar-refractivity contribution < 1.29 is 9.59 Å². The first-order chi connectivity index (χ1) is 11.5. The van der Waals surface area contributed by atoms with Crippen LogP contribution in [-0.4, -0.2) is 34.2 Å². The van der Waals surface area contributed by atoms with Crippen LogP contribution in [0.25, 0.3) is 5.69 Å². The van der Waals surface area contributed by atoms with Gasteiger partial charge in [-0.25, -0.2) is 4.68 Å². The minimum atomic E-state index is -0.187. The van der Waals surface area contributed by atoms with Gasteiger partial charge < -0.3 is 10.6 Å². The molecule has 2 aromatic rings. The molecule has 1 aromatic carbocycles. The van der Waals surface area contributed by atoms with Gasteiger partial charge in [0.1, 0.15) is 0 Å². The van der Waals surface area contributed by atoms with Crippen molar-refractivity contribution in [2.75, 3.05) is 6.54 Å². The van der Waals surface area contributed by atoms with E-state index in [1.807, 2.05) is 12.1 Å². The molecule has 0 radical (unpaired) electrons. The van der Waals surface area contributed by atoms with Gasteiger partial charge in [0.05, 0.1) is 16.9 Å². The van der Waals surface area contributed by atoms with Crippen molar-refractivity contribution in [2.45, 2.75) is 32.2 Å². The highest BCUT2D eigenvalue weighted by Gasteiger charge is 2.20. The topological polar surface area (TPSA) is 76.0 Å². The molecule has 1 atom stereocenters. The molecule has 1 saturated heterocycles. The van der Waals surface area contributed by atoms with Crippen LogP contribution in [0.3, 0.4) is 0 Å². The van der Waals surface area contributed by atoms with E-state index >= 15 is 0 Å². The van der Waals surface area contributed by atoms with Crippen LogP contribution < -0.4 is 10.6 Å². The number of rotatable bonds is 4. The molecule has 2 amide bonds. The van der Waals surface area contributed by atoms with Crippen LogP contribution in [-0.2, 0) is 4.79 Å². The minimum absolute atomic E-state index is 0.00168. The largest absolute Gasteiger partial charge is 0.352 e. The second-order valence-corrected chi connectivity index (χ2v) is 6.35. The second kappa shape index (κ2) is 7.05. The summed E-state index contributed by atoms with van der Waals surface area (Å²) in [7, 11) is 0. The lowest BCUT2D eigenvalue weighted by molar-refractivity contribution is -0.123. The van der Waals surface area contributed by atoms with Gasteiger partial charge in [0.2, 0.25) is 5.91 Å². The fourth-order valence-corrected chi connectivity index (χ4v) is 2.88. The number of piperidine rings is 1. The number of aromatic nitrogens is 2. The highest BCUT2D eigenvalue weighted by atomic mass is 35.5. The standard InChI is InChI=1S/C17H19ClN4O2/c1-11-15(10-22(21-11)14-7-5-12(18)6-8-14)17(24)19-9-13-3-2-4-16(23)20-13/h5-8,10,13H,2-4,9H2,1H3,(H,19,24)(H,20,23)/t13-/m1/s1. The lowest BCUT2D eigenvalue weighted by Crippen LogP contribution is -2.46. The summed E-state index contributed by atoms with van der Waals surface area (Å²) in [6.45, 7) is 2.22. The van der Waals surface area contributed by atoms with Crippen LogP contribution in [0.15, 0.2) is 30.5 Å². The molecule has 0 unspecified atom stereocenters. The lowest BCUT2D eigenvalue weighted by atomic mass is 10.0. The van der Waals surface area contributed by atoms with Gasteiger partial charge in [-0.05, 0) is 44.0 Å². The molecule has 1 aliphatic rings. The van der Waals surface area contributed by atoms with Crippen molar-refractivity contribution >= 4 is 23.4 Å². The van der Waals surface area contributed by atoms with Crippen molar-refractivity contribution in [3.63, 3.8) is 0 Å². The first-order valence-corrected chi connectivity index (χ1v) is 8.30. The summed E-state index contributed by atoms with van der Waals surface area (Å²) >= 11 is 5.89. The summed E-state index contributed by atoms with van der Waals surface area (Å²) in [5.74, 6) is -0.139. The Hall–Kier alpha value is -2.34. The summed E-state index contributed by atoms with van der Waals surface area (Å²) in [5, 5.41) is 10.8. The second-order valence-electron chi connectivity index (χ2n) is 5.92. The van der Waals surface area contributed by atoms with Crippen LogP contribution >= 0.6 is 11.6 Å². The zero-order valence-corrected chi connectivity index (χ0v) is 14.1. The molecule has 0 spiro atoms. The SMILES string of the molecule is Cc1nn(-c2ccc(Cl)cc2)cc1C(=O)NC[C@H]1CCCC(=O)N1. The molecule has 7 heteroatoms. The number of nitrogens with zero attached hydrogens (tertiary/aromatic N) is 2. The Kier molecular flexibility index (Phi) is 4.85. The fraction of sp³-hybridized carbons (Fsp3) is 0.353. The van der Waals surface area contributed by atoms with Gasteiger partial charge in [-0.15, -0.1) is 0 Å². The van der Waals surface area contributed by atoms with E-state index in [0.717, 1.165) is 18.5 Å². The van der Waals surface area contributed by atoms with Crippen LogP contribution in [0.4, 0.5) is 0 Å². The predicted octanol–water partition coefficient (Wildman–Crippen LogP) is 2.23. The van der Waals surface area contributed by atoms with E-state index in [4.69, 9.17) is 11.6 Å². The molecule has 2 heterocycles. The zero-order chi connectivity index (χ0) is 17.1. The van der Waals surface area contributed by atoms with Gasteiger partial charge in [-0.1, -0.05) is 11.6 Å². The Morgan fingerprint density at radius 3 is 2.88 bits per heavy atom. The van der Waals surface area contributed by atoms with Crippen molar-refractivity contribution in [1.82, 2.24) is 20.4 Å². The normalized spacial score (nSPS) is 17.4. The van der Waals surface area contributed by atoms with Crippen LogP contribution in [0.2, 0.25) is 5.02 Å². The Balaban J connectivity index is 1.66. The molecule has 0 bridgehead atoms. The lowest BCUT2D eigenvalue weighted by Gasteiger charge is -2.23. The van der Waals surface area contributed by atoms with Gasteiger partial charge in [0.15, 0.2) is 0 Å². The summed E-state index contributed by atoms with van der Waals surface area (Å²) in [5.41, 5.74) is 2.00. The summed E-state index contributed by atoms with van der Waals surface area (Å²) in [6, 6.07) is 7.24. The number of hydrogen-bond acceptors (Lipinski definition) is 3. The molecular weight excluding hydrogens is 328 g/mol. The monoisotopic (exact) mass is 346 g/mol. The average molecular weight is 347 g/mol. The van der Waals surface area contributed by atoms with E-state index < -0.39 is 0 Å². The van der Waals surface area contributed by atoms with Crippen molar-refractivity contribution in [3.8, 4) is 5.69 Å². The fourth-order valence-electron chi connectivity index (χ4n) is 2.75. The first kappa shape index (κ1) is 16.5. The highest BCUT2D eigenvalue weighted by molar-refractivity contribution is 6.30. The molecule has 24 heavy (non-hydrogen) atoms. The molecule has 3 rings (SSSR count). The maximum atomic E-state index is 12.4. The Bertz CT molecular complexity index is 754. The smallest absolute Gasteiger partial charge is 0.254 e. The van der Waals surface area contributed by atoms with Gasteiger partial charge in [-0.3, -0.25) is 9.59 Å². The highest BCUT2D eigenvalue weighted by Crippen LogP contribution is 2.15. The third-order valence-electron chi connectivity index (χ3n) is 4.07. The third kappa shape index (κ3) is 3.76. The van der Waals surface area contributed by atoms with Gasteiger partial charge in [0.25, 0.3) is 5.91 Å². The Morgan fingerprint density at radius 1 is 1.42 bits per heavy atom. The van der Waals surface area contributed by atoms with Crippen molar-refractivity contribution in [3.05, 3.63) is 46.7 Å². The molecule has 0 saturated carbocycles. The molecule has 0 aliphatic carbocycles. The van der Waals surface area contributed by atoms with E-state index in [1.165, 1.54) is 0 Å². The zero-order valence-electron chi connectivity index (χ0n) is 13.4. The molecule has 6 nitrogen and oxygen atoms in total. The predicted molar refractivity (Wildman–Crippen MR) is 91.4 cm³/mol. The maximum absolute atomic E-state index is 12.4. The molecule has 2 N–H and O–H groups in total. The van der Waals surface area contributed by atoms with Crippen LogP contribution in [0, 0.1) is 6.92 Å². The van der Waals surface area contributed by atoms with Gasteiger partial charge in [-0.2, -0.15) is 5.10 Å². The van der Waals surface area contributed by atoms with E-state index in [-0.39, 0.29) is 17.9 Å². The number of carbonyl (C=O) groups is 2. The number of nitrogens with one attached hydrogen (secondary N) is 2. The molecule has 1 aliphatic heterocycles. The maximum Gasteiger partial charge on any atom is 0.254 e. The van der Waals surface area contributed by atoms with Gasteiger partial charge in [0, 0.05) is 30.2 Å². The quantitative estimate of drug-likeness (QED) is 0.891. The Morgan fingerprint density at radius 2 is 2.17 bits per heavy atom. The number of hydrogen-bond donors (Lipinski definition) is 2. The third-order valence-corrected chi connectivity index (χ3v) is 4.32. The molecule has 1 aromatic heterocycles. The van der Waals surface area contributed by atoms with E-state index in [1.54, 1.807) is 29.9 Å². The Labute approximate surface area is 145 Å². The van der Waals surface area contributed by atoms with Crippen LogP contribution in [0.1, 0.15) is 35.3 Å². The number of halogens is 1. The number of benzene rings is 1. The average Bonchev–Trinajstić information content (AvgIpc) is 2.95. The van der Waals surface area contributed by atoms with Crippen molar-refractivity contribution in [1.29, 1.82) is 0 Å². The first-order valence-electron chi connectivity index (χ1n) is 7.92. The summed E-state index contributed by atoms with van der Waals surface area (Å²) < 4.78 is 1.66. The van der Waals surface area contributed by atoms with Crippen molar-refractivity contribution in [2.24, 2.45) is 0 Å². The number of carbonyl (C=O) groups excluding carboxylic acids is 2. The minimum Gasteiger partial charge on any atom is -0.352 e. The molecule has 126 valence electrons. The van der Waals surface area contributed by atoms with Crippen LogP contribution in [0.5, 0.6) is 0 Å². The number of amides is 2. The van der Waals surface area contributed by atoms with Gasteiger partial charge >= 0.3 is 0 Å². The molecular formula is C17H19ClN4O2. The number of aryl methyl sites for hydroxylation is 1.